The molecule has 0 radical (unpaired) electrons. The van der Waals surface area contributed by atoms with Crippen LogP contribution in [0.5, 0.6) is 0 Å². The number of rotatable bonds is 5. The van der Waals surface area contributed by atoms with E-state index < -0.39 is 9.84 Å². The summed E-state index contributed by atoms with van der Waals surface area (Å²) in [6, 6.07) is 13.7. The number of sulfone groups is 1. The van der Waals surface area contributed by atoms with Crippen molar-refractivity contribution in [3.63, 3.8) is 0 Å². The Morgan fingerprint density at radius 1 is 1.13 bits per heavy atom. The van der Waals surface area contributed by atoms with Crippen LogP contribution < -0.4 is 5.32 Å². The predicted molar refractivity (Wildman–Crippen MR) is 96.0 cm³/mol. The number of anilines is 1. The van der Waals surface area contributed by atoms with Crippen molar-refractivity contribution in [2.45, 2.75) is 11.8 Å². The summed E-state index contributed by atoms with van der Waals surface area (Å²) in [6.07, 6.45) is 3.13. The molecule has 0 bridgehead atoms. The first kappa shape index (κ1) is 17.4. The molecule has 2 aromatic carbocycles. The number of halogens is 1. The Kier molecular flexibility index (Phi) is 5.74. The fourth-order valence-corrected chi connectivity index (χ4v) is 3.17. The van der Waals surface area contributed by atoms with Crippen LogP contribution in [0.25, 0.3) is 6.08 Å². The van der Waals surface area contributed by atoms with Crippen molar-refractivity contribution in [3.8, 4) is 0 Å². The fraction of sp³-hybridized carbons (Fsp3) is 0.118. The van der Waals surface area contributed by atoms with Gasteiger partial charge in [0.05, 0.1) is 10.6 Å². The van der Waals surface area contributed by atoms with Crippen LogP contribution in [0, 0.1) is 0 Å². The van der Waals surface area contributed by atoms with Gasteiger partial charge in [0.25, 0.3) is 0 Å². The van der Waals surface area contributed by atoms with Crippen LogP contribution in [-0.2, 0) is 14.6 Å². The van der Waals surface area contributed by atoms with Gasteiger partial charge in [-0.1, -0.05) is 41.1 Å². The highest BCUT2D eigenvalue weighted by molar-refractivity contribution is 9.10. The maximum absolute atomic E-state index is 11.9. The highest BCUT2D eigenvalue weighted by atomic mass is 79.9. The molecule has 2 aromatic rings. The van der Waals surface area contributed by atoms with Crippen LogP contribution in [0.4, 0.5) is 5.69 Å². The van der Waals surface area contributed by atoms with Gasteiger partial charge in [0.2, 0.25) is 5.91 Å². The molecule has 0 atom stereocenters. The van der Waals surface area contributed by atoms with Crippen molar-refractivity contribution < 1.29 is 13.2 Å². The van der Waals surface area contributed by atoms with E-state index in [2.05, 4.69) is 21.2 Å². The van der Waals surface area contributed by atoms with Gasteiger partial charge >= 0.3 is 0 Å². The molecule has 1 amide bonds. The maximum atomic E-state index is 11.9. The lowest BCUT2D eigenvalue weighted by Crippen LogP contribution is -2.08. The van der Waals surface area contributed by atoms with Gasteiger partial charge < -0.3 is 5.32 Å². The second-order valence-corrected chi connectivity index (χ2v) is 7.90. The van der Waals surface area contributed by atoms with Crippen LogP contribution in [0.1, 0.15) is 12.5 Å². The number of hydrogen-bond acceptors (Lipinski definition) is 3. The topological polar surface area (TPSA) is 63.2 Å². The summed E-state index contributed by atoms with van der Waals surface area (Å²) >= 11 is 3.41. The molecule has 0 aromatic heterocycles. The molecule has 120 valence electrons. The van der Waals surface area contributed by atoms with Crippen LogP contribution in [0.2, 0.25) is 0 Å². The second-order valence-electron chi connectivity index (χ2n) is 4.77. The third-order valence-electron chi connectivity index (χ3n) is 3.18. The lowest BCUT2D eigenvalue weighted by Gasteiger charge is -2.05. The van der Waals surface area contributed by atoms with Gasteiger partial charge in [-0.3, -0.25) is 4.79 Å². The molecule has 0 saturated carbocycles. The van der Waals surface area contributed by atoms with Gasteiger partial charge in [0.1, 0.15) is 0 Å². The number of nitrogens with one attached hydrogen (secondary N) is 1. The quantitative estimate of drug-likeness (QED) is 0.783. The highest BCUT2D eigenvalue weighted by Gasteiger charge is 2.10. The molecule has 0 saturated heterocycles. The first-order valence-corrected chi connectivity index (χ1v) is 9.43. The lowest BCUT2D eigenvalue weighted by atomic mass is 10.2. The van der Waals surface area contributed by atoms with E-state index >= 15 is 0 Å². The highest BCUT2D eigenvalue weighted by Crippen LogP contribution is 2.18. The summed E-state index contributed by atoms with van der Waals surface area (Å²) < 4.78 is 24.3. The molecule has 0 aliphatic heterocycles. The van der Waals surface area contributed by atoms with E-state index in [0.29, 0.717) is 5.69 Å². The zero-order chi connectivity index (χ0) is 16.9. The van der Waals surface area contributed by atoms with E-state index in [0.717, 1.165) is 10.0 Å². The minimum Gasteiger partial charge on any atom is -0.323 e. The summed E-state index contributed by atoms with van der Waals surface area (Å²) in [4.78, 5) is 12.2. The van der Waals surface area contributed by atoms with Crippen LogP contribution in [0.3, 0.4) is 0 Å². The summed E-state index contributed by atoms with van der Waals surface area (Å²) in [7, 11) is -3.23. The molecular weight excluding hydrogens is 378 g/mol. The van der Waals surface area contributed by atoms with E-state index in [1.807, 2.05) is 24.3 Å². The summed E-state index contributed by atoms with van der Waals surface area (Å²) in [6.45, 7) is 1.59. The standard InChI is InChI=1S/C17H16BrNO3S/c1-2-23(21,22)15-10-8-14(9-11-15)19-17(20)12-7-13-5-3-4-6-16(13)18/h3-12H,2H2,1H3,(H,19,20)/b12-7+. The molecule has 0 heterocycles. The van der Waals surface area contributed by atoms with Crippen LogP contribution >= 0.6 is 15.9 Å². The Hall–Kier alpha value is -1.92. The molecule has 0 spiro atoms. The Balaban J connectivity index is 2.05. The first-order valence-electron chi connectivity index (χ1n) is 6.99. The van der Waals surface area contributed by atoms with Crippen molar-refractivity contribution in [2.75, 3.05) is 11.1 Å². The van der Waals surface area contributed by atoms with Crippen LogP contribution in [0.15, 0.2) is 64.0 Å². The van der Waals surface area contributed by atoms with E-state index in [1.165, 1.54) is 18.2 Å². The lowest BCUT2D eigenvalue weighted by molar-refractivity contribution is -0.111. The molecule has 0 fully saturated rings. The Morgan fingerprint density at radius 3 is 2.39 bits per heavy atom. The molecular formula is C17H16BrNO3S. The van der Waals surface area contributed by atoms with Gasteiger partial charge in [0.15, 0.2) is 9.84 Å². The van der Waals surface area contributed by atoms with E-state index in [9.17, 15) is 13.2 Å². The fourth-order valence-electron chi connectivity index (χ4n) is 1.87. The van der Waals surface area contributed by atoms with E-state index in [1.54, 1.807) is 25.1 Å². The second kappa shape index (κ2) is 7.57. The molecule has 0 aliphatic rings. The third kappa shape index (κ3) is 4.77. The monoisotopic (exact) mass is 393 g/mol. The zero-order valence-electron chi connectivity index (χ0n) is 12.5. The molecule has 0 unspecified atom stereocenters. The summed E-state index contributed by atoms with van der Waals surface area (Å²) in [5.41, 5.74) is 1.44. The van der Waals surface area contributed by atoms with Gasteiger partial charge in [0, 0.05) is 16.2 Å². The van der Waals surface area contributed by atoms with E-state index in [4.69, 9.17) is 0 Å². The average Bonchev–Trinajstić information content (AvgIpc) is 2.54. The van der Waals surface area contributed by atoms with Gasteiger partial charge in [-0.15, -0.1) is 0 Å². The SMILES string of the molecule is CCS(=O)(=O)c1ccc(NC(=O)/C=C/c2ccccc2Br)cc1. The smallest absolute Gasteiger partial charge is 0.248 e. The van der Waals surface area contributed by atoms with Gasteiger partial charge in [-0.25, -0.2) is 8.42 Å². The molecule has 6 heteroatoms. The zero-order valence-corrected chi connectivity index (χ0v) is 14.9. The normalized spacial score (nSPS) is 11.6. The largest absolute Gasteiger partial charge is 0.323 e. The predicted octanol–water partition coefficient (Wildman–Crippen LogP) is 3.89. The number of amides is 1. The molecule has 2 rings (SSSR count). The molecule has 4 nitrogen and oxygen atoms in total. The van der Waals surface area contributed by atoms with Crippen molar-refractivity contribution in [1.29, 1.82) is 0 Å². The maximum Gasteiger partial charge on any atom is 0.248 e. The average molecular weight is 394 g/mol. The Morgan fingerprint density at radius 2 is 1.78 bits per heavy atom. The third-order valence-corrected chi connectivity index (χ3v) is 5.65. The minimum absolute atomic E-state index is 0.0490. The summed E-state index contributed by atoms with van der Waals surface area (Å²) in [5.74, 6) is -0.236. The first-order chi connectivity index (χ1) is 10.9. The number of carbonyl (C=O) groups excluding carboxylic acids is 1. The van der Waals surface area contributed by atoms with Crippen molar-refractivity contribution in [1.82, 2.24) is 0 Å². The van der Waals surface area contributed by atoms with Crippen molar-refractivity contribution >= 4 is 43.4 Å². The summed E-state index contributed by atoms with van der Waals surface area (Å²) in [5, 5.41) is 2.69. The van der Waals surface area contributed by atoms with Gasteiger partial charge in [-0.05, 0) is 42.0 Å². The van der Waals surface area contributed by atoms with Crippen molar-refractivity contribution in [3.05, 3.63) is 64.6 Å². The molecule has 1 N–H and O–H groups in total. The minimum atomic E-state index is -3.23. The van der Waals surface area contributed by atoms with E-state index in [-0.39, 0.29) is 16.6 Å². The number of carbonyl (C=O) groups is 1. The number of benzene rings is 2. The molecule has 23 heavy (non-hydrogen) atoms. The Labute approximate surface area is 144 Å². The number of hydrogen-bond donors (Lipinski definition) is 1. The van der Waals surface area contributed by atoms with Gasteiger partial charge in [-0.2, -0.15) is 0 Å². The molecule has 0 aliphatic carbocycles. The van der Waals surface area contributed by atoms with Crippen LogP contribution in [-0.4, -0.2) is 20.1 Å². The Bertz CT molecular complexity index is 827. The van der Waals surface area contributed by atoms with Crippen molar-refractivity contribution in [2.24, 2.45) is 0 Å².